The lowest BCUT2D eigenvalue weighted by molar-refractivity contribution is 0.393. The van der Waals surface area contributed by atoms with Gasteiger partial charge in [0.2, 0.25) is 0 Å². The van der Waals surface area contributed by atoms with Gasteiger partial charge in [0.25, 0.3) is 0 Å². The molecule has 1 aliphatic heterocycles. The van der Waals surface area contributed by atoms with Crippen molar-refractivity contribution in [3.63, 3.8) is 0 Å². The molecular formula is C5H3N4O2S. The number of hydrogen-bond donors (Lipinski definition) is 1. The van der Waals surface area contributed by atoms with Gasteiger partial charge in [0.05, 0.1) is 17.8 Å². The van der Waals surface area contributed by atoms with Gasteiger partial charge in [-0.05, 0) is 0 Å². The maximum absolute atomic E-state index is 10.2. The fourth-order valence-electron chi connectivity index (χ4n) is 0.714. The van der Waals surface area contributed by atoms with E-state index >= 15 is 0 Å². The molecule has 1 amide bonds. The summed E-state index contributed by atoms with van der Waals surface area (Å²) >= 11 is 1.11. The Labute approximate surface area is 71.8 Å². The summed E-state index contributed by atoms with van der Waals surface area (Å²) in [6.07, 6.45) is 4.62. The predicted octanol–water partition coefficient (Wildman–Crippen LogP) is -0.0964. The lowest BCUT2D eigenvalue weighted by Gasteiger charge is -1.96. The molecule has 7 heteroatoms. The molecule has 0 saturated carbocycles. The normalized spacial score (nSPS) is 15.7. The molecule has 0 aromatic carbocycles. The van der Waals surface area contributed by atoms with Crippen LogP contribution in [0.25, 0.3) is 5.70 Å². The number of carbonyl (C=O) groups excluding carboxylic acids is 1. The Morgan fingerprint density at radius 2 is 2.67 bits per heavy atom. The highest BCUT2D eigenvalue weighted by atomic mass is 32.2. The molecule has 2 rings (SSSR count). The molecule has 0 spiro atoms. The van der Waals surface area contributed by atoms with Crippen molar-refractivity contribution in [2.24, 2.45) is 0 Å². The minimum Gasteiger partial charge on any atom is -0.345 e. The zero-order valence-corrected chi connectivity index (χ0v) is 6.54. The van der Waals surface area contributed by atoms with Crippen LogP contribution in [0.4, 0.5) is 0 Å². The lowest BCUT2D eigenvalue weighted by Crippen LogP contribution is -2.01. The van der Waals surface area contributed by atoms with Gasteiger partial charge in [-0.2, -0.15) is 0 Å². The van der Waals surface area contributed by atoms with Gasteiger partial charge in [0.15, 0.2) is 12.0 Å². The third-order valence-electron chi connectivity index (χ3n) is 1.23. The molecule has 1 aliphatic rings. The summed E-state index contributed by atoms with van der Waals surface area (Å²) in [6, 6.07) is 0. The first-order valence-corrected chi connectivity index (χ1v) is 3.77. The third-order valence-corrected chi connectivity index (χ3v) is 1.91. The molecule has 0 saturated heterocycles. The van der Waals surface area contributed by atoms with Crippen LogP contribution in [0.3, 0.4) is 0 Å². The van der Waals surface area contributed by atoms with Gasteiger partial charge in [-0.3, -0.25) is 4.79 Å². The van der Waals surface area contributed by atoms with E-state index in [1.807, 2.05) is 0 Å². The Kier molecular flexibility index (Phi) is 1.71. The zero-order valence-electron chi connectivity index (χ0n) is 5.72. The molecule has 1 radical (unpaired) electrons. The minimum absolute atomic E-state index is 0.556. The zero-order chi connectivity index (χ0) is 8.39. The van der Waals surface area contributed by atoms with E-state index in [0.717, 1.165) is 12.1 Å². The SMILES string of the molecule is O=[C]N1C=C(c2conn2)NS1. The summed E-state index contributed by atoms with van der Waals surface area (Å²) < 4.78 is 8.62. The van der Waals surface area contributed by atoms with Crippen molar-refractivity contribution >= 4 is 24.2 Å². The second-order valence-electron chi connectivity index (χ2n) is 1.94. The molecule has 0 atom stereocenters. The van der Waals surface area contributed by atoms with Crippen LogP contribution in [0.2, 0.25) is 0 Å². The first-order valence-electron chi connectivity index (χ1n) is 2.99. The molecule has 0 aliphatic carbocycles. The quantitative estimate of drug-likeness (QED) is 0.646. The number of rotatable bonds is 2. The monoisotopic (exact) mass is 183 g/mol. The standard InChI is InChI=1S/C5H3N4O2S/c10-3-9-1-4(7-12-9)5-2-11-8-6-5/h1-2,7H. The van der Waals surface area contributed by atoms with E-state index < -0.39 is 0 Å². The van der Waals surface area contributed by atoms with Gasteiger partial charge in [-0.25, -0.2) is 4.31 Å². The molecule has 12 heavy (non-hydrogen) atoms. The summed E-state index contributed by atoms with van der Waals surface area (Å²) in [5, 5.41) is 6.94. The summed E-state index contributed by atoms with van der Waals surface area (Å²) in [5.74, 6) is 0. The summed E-state index contributed by atoms with van der Waals surface area (Å²) in [4.78, 5) is 10.2. The van der Waals surface area contributed by atoms with Gasteiger partial charge < -0.3 is 9.25 Å². The van der Waals surface area contributed by atoms with Crippen LogP contribution in [0.1, 0.15) is 5.69 Å². The van der Waals surface area contributed by atoms with Crippen molar-refractivity contribution in [1.29, 1.82) is 0 Å². The lowest BCUT2D eigenvalue weighted by atomic mass is 10.4. The average Bonchev–Trinajstić information content (AvgIpc) is 2.75. The van der Waals surface area contributed by atoms with Gasteiger partial charge in [0, 0.05) is 11.5 Å². The number of hydrogen-bond acceptors (Lipinski definition) is 6. The topological polar surface area (TPSA) is 71.3 Å². The van der Waals surface area contributed by atoms with Crippen molar-refractivity contribution < 1.29 is 9.32 Å². The molecule has 2 heterocycles. The maximum Gasteiger partial charge on any atom is 0.328 e. The highest BCUT2D eigenvalue weighted by molar-refractivity contribution is 7.96. The Bertz CT molecular complexity index is 309. The van der Waals surface area contributed by atoms with Crippen LogP contribution in [-0.2, 0) is 4.79 Å². The van der Waals surface area contributed by atoms with Crippen LogP contribution < -0.4 is 4.72 Å². The third kappa shape index (κ3) is 1.14. The first kappa shape index (κ1) is 7.17. The molecule has 1 aromatic rings. The molecule has 61 valence electrons. The van der Waals surface area contributed by atoms with Crippen LogP contribution in [-0.4, -0.2) is 21.1 Å². The number of nitrogens with zero attached hydrogens (tertiary/aromatic N) is 3. The number of aromatic nitrogens is 2. The van der Waals surface area contributed by atoms with E-state index in [1.165, 1.54) is 10.6 Å². The second-order valence-corrected chi connectivity index (χ2v) is 2.72. The highest BCUT2D eigenvalue weighted by Crippen LogP contribution is 2.21. The van der Waals surface area contributed by atoms with Crippen LogP contribution in [0.5, 0.6) is 0 Å². The molecule has 1 aromatic heterocycles. The Balaban J connectivity index is 2.22. The Morgan fingerprint density at radius 1 is 1.75 bits per heavy atom. The Hall–Kier alpha value is -1.50. The second kappa shape index (κ2) is 2.86. The van der Waals surface area contributed by atoms with E-state index in [1.54, 1.807) is 12.6 Å². The van der Waals surface area contributed by atoms with Crippen molar-refractivity contribution in [2.75, 3.05) is 0 Å². The largest absolute Gasteiger partial charge is 0.345 e. The molecule has 6 nitrogen and oxygen atoms in total. The fourth-order valence-corrected chi connectivity index (χ4v) is 1.26. The van der Waals surface area contributed by atoms with Crippen molar-refractivity contribution in [3.8, 4) is 0 Å². The van der Waals surface area contributed by atoms with Gasteiger partial charge in [-0.1, -0.05) is 0 Å². The van der Waals surface area contributed by atoms with E-state index in [2.05, 4.69) is 19.6 Å². The molecule has 0 fully saturated rings. The summed E-state index contributed by atoms with van der Waals surface area (Å²) in [7, 11) is 0. The smallest absolute Gasteiger partial charge is 0.328 e. The average molecular weight is 183 g/mol. The van der Waals surface area contributed by atoms with Gasteiger partial charge in [0.1, 0.15) is 0 Å². The molecular weight excluding hydrogens is 180 g/mol. The van der Waals surface area contributed by atoms with Crippen LogP contribution >= 0.6 is 12.1 Å². The van der Waals surface area contributed by atoms with E-state index in [4.69, 9.17) is 0 Å². The van der Waals surface area contributed by atoms with E-state index in [0.29, 0.717) is 11.4 Å². The van der Waals surface area contributed by atoms with Gasteiger partial charge >= 0.3 is 6.41 Å². The highest BCUT2D eigenvalue weighted by Gasteiger charge is 2.16. The minimum atomic E-state index is 0.556. The van der Waals surface area contributed by atoms with Crippen molar-refractivity contribution in [3.05, 3.63) is 18.2 Å². The number of nitrogens with one attached hydrogen (secondary N) is 1. The molecule has 1 N–H and O–H groups in total. The fraction of sp³-hybridized carbons (Fsp3) is 0. The van der Waals surface area contributed by atoms with Crippen LogP contribution in [0.15, 0.2) is 17.0 Å². The summed E-state index contributed by atoms with van der Waals surface area (Å²) in [5.41, 5.74) is 1.23. The Morgan fingerprint density at radius 3 is 3.25 bits per heavy atom. The summed E-state index contributed by atoms with van der Waals surface area (Å²) in [6.45, 7) is 0. The predicted molar refractivity (Wildman–Crippen MR) is 40.5 cm³/mol. The van der Waals surface area contributed by atoms with E-state index in [9.17, 15) is 4.79 Å². The molecule has 0 bridgehead atoms. The first-order chi connectivity index (χ1) is 5.90. The van der Waals surface area contributed by atoms with E-state index in [-0.39, 0.29) is 0 Å². The van der Waals surface area contributed by atoms with Crippen LogP contribution in [0, 0.1) is 0 Å². The maximum atomic E-state index is 10.2. The number of amides is 1. The molecule has 0 unspecified atom stereocenters. The van der Waals surface area contributed by atoms with Crippen molar-refractivity contribution in [2.45, 2.75) is 0 Å². The van der Waals surface area contributed by atoms with Crippen molar-refractivity contribution in [1.82, 2.24) is 19.4 Å². The van der Waals surface area contributed by atoms with Gasteiger partial charge in [-0.15, -0.1) is 5.10 Å².